The number of halogens is 2. The fraction of sp³-hybridized carbons (Fsp3) is 0.368. The molecule has 0 aliphatic carbocycles. The maximum absolute atomic E-state index is 13.3. The highest BCUT2D eigenvalue weighted by atomic mass is 32.1. The predicted molar refractivity (Wildman–Crippen MR) is 99.1 cm³/mol. The van der Waals surface area contributed by atoms with Crippen molar-refractivity contribution in [1.82, 2.24) is 9.97 Å². The van der Waals surface area contributed by atoms with Crippen molar-refractivity contribution < 1.29 is 28.1 Å². The van der Waals surface area contributed by atoms with E-state index < -0.39 is 11.9 Å². The van der Waals surface area contributed by atoms with Gasteiger partial charge in [-0.2, -0.15) is 0 Å². The van der Waals surface area contributed by atoms with Crippen molar-refractivity contribution in [3.8, 4) is 17.2 Å². The van der Waals surface area contributed by atoms with E-state index in [2.05, 4.69) is 19.4 Å². The number of aromatic nitrogens is 2. The van der Waals surface area contributed by atoms with E-state index in [4.69, 9.17) is 4.74 Å². The van der Waals surface area contributed by atoms with Crippen LogP contribution in [0, 0.1) is 0 Å². The number of thiazole rings is 1. The van der Waals surface area contributed by atoms with E-state index in [1.54, 1.807) is 18.5 Å². The van der Waals surface area contributed by atoms with Crippen LogP contribution in [-0.2, 0) is 5.60 Å². The standard InChI is InChI=1S/C19H18F2N2O4S/c1-3-6-18(24,11-10-22-7-5-13(11)25-4-2)17-23-12-8-14-15(9-16(12)28-17)27-19(20,21)26-14/h5,7-10,24H,3-4,6H2,1-2H3. The molecule has 0 bridgehead atoms. The van der Waals surface area contributed by atoms with Gasteiger partial charge in [-0.15, -0.1) is 20.1 Å². The van der Waals surface area contributed by atoms with Crippen LogP contribution in [0.25, 0.3) is 10.2 Å². The number of hydrogen-bond donors (Lipinski definition) is 1. The van der Waals surface area contributed by atoms with Crippen molar-refractivity contribution >= 4 is 21.6 Å². The van der Waals surface area contributed by atoms with Crippen molar-refractivity contribution in [2.75, 3.05) is 6.61 Å². The van der Waals surface area contributed by atoms with Gasteiger partial charge in [-0.25, -0.2) is 4.98 Å². The number of rotatable bonds is 6. The van der Waals surface area contributed by atoms with Crippen LogP contribution in [0.4, 0.5) is 8.78 Å². The molecule has 0 fully saturated rings. The Morgan fingerprint density at radius 2 is 2.00 bits per heavy atom. The Morgan fingerprint density at radius 1 is 1.25 bits per heavy atom. The quantitative estimate of drug-likeness (QED) is 0.650. The summed E-state index contributed by atoms with van der Waals surface area (Å²) in [7, 11) is 0. The SMILES string of the molecule is CCCC(O)(c1nc2cc3c(cc2s1)OC(F)(F)O3)c1cnccc1OCC. The van der Waals surface area contributed by atoms with Crippen LogP contribution in [0.3, 0.4) is 0 Å². The topological polar surface area (TPSA) is 73.7 Å². The molecule has 2 aromatic heterocycles. The first-order valence-corrected chi connectivity index (χ1v) is 9.68. The summed E-state index contributed by atoms with van der Waals surface area (Å²) in [6.07, 6.45) is 0.559. The van der Waals surface area contributed by atoms with Crippen LogP contribution >= 0.6 is 11.3 Å². The number of alkyl halides is 2. The third-order valence-corrected chi connectivity index (χ3v) is 5.57. The molecule has 148 valence electrons. The fourth-order valence-electron chi connectivity index (χ4n) is 3.24. The molecule has 1 N–H and O–H groups in total. The monoisotopic (exact) mass is 408 g/mol. The summed E-state index contributed by atoms with van der Waals surface area (Å²) in [6, 6.07) is 4.54. The summed E-state index contributed by atoms with van der Waals surface area (Å²) in [4.78, 5) is 8.65. The molecule has 0 saturated heterocycles. The first kappa shape index (κ1) is 18.8. The maximum atomic E-state index is 13.3. The lowest BCUT2D eigenvalue weighted by molar-refractivity contribution is -0.286. The molecular formula is C19H18F2N2O4S. The molecule has 3 aromatic rings. The summed E-state index contributed by atoms with van der Waals surface area (Å²) in [5.41, 5.74) is -0.464. The van der Waals surface area contributed by atoms with Gasteiger partial charge in [-0.3, -0.25) is 4.98 Å². The zero-order valence-electron chi connectivity index (χ0n) is 15.2. The number of hydrogen-bond acceptors (Lipinski definition) is 7. The van der Waals surface area contributed by atoms with Gasteiger partial charge in [0.1, 0.15) is 16.4 Å². The van der Waals surface area contributed by atoms with E-state index in [-0.39, 0.29) is 11.5 Å². The molecule has 28 heavy (non-hydrogen) atoms. The molecule has 1 aliphatic heterocycles. The van der Waals surface area contributed by atoms with Gasteiger partial charge in [0.05, 0.1) is 22.4 Å². The van der Waals surface area contributed by atoms with E-state index in [1.807, 2.05) is 13.8 Å². The van der Waals surface area contributed by atoms with Crippen LogP contribution in [0.15, 0.2) is 30.6 Å². The summed E-state index contributed by atoms with van der Waals surface area (Å²) >= 11 is 1.21. The van der Waals surface area contributed by atoms with E-state index in [1.165, 1.54) is 23.5 Å². The van der Waals surface area contributed by atoms with Gasteiger partial charge < -0.3 is 19.3 Å². The Bertz CT molecular complexity index is 981. The largest absolute Gasteiger partial charge is 0.586 e. The molecule has 0 radical (unpaired) electrons. The summed E-state index contributed by atoms with van der Waals surface area (Å²) in [6.45, 7) is 4.25. The minimum atomic E-state index is -3.68. The molecule has 6 nitrogen and oxygen atoms in total. The number of aliphatic hydroxyl groups is 1. The second kappa shape index (κ2) is 6.82. The van der Waals surface area contributed by atoms with Crippen LogP contribution in [0.2, 0.25) is 0 Å². The van der Waals surface area contributed by atoms with Gasteiger partial charge in [0, 0.05) is 24.5 Å². The van der Waals surface area contributed by atoms with E-state index in [0.717, 1.165) is 0 Å². The average Bonchev–Trinajstić information content (AvgIpc) is 3.18. The minimum Gasteiger partial charge on any atom is -0.493 e. The number of pyridine rings is 1. The summed E-state index contributed by atoms with van der Waals surface area (Å²) in [5.74, 6) is 0.398. The second-order valence-corrected chi connectivity index (χ2v) is 7.40. The Morgan fingerprint density at radius 3 is 2.71 bits per heavy atom. The van der Waals surface area contributed by atoms with Crippen LogP contribution in [0.1, 0.15) is 37.3 Å². The molecular weight excluding hydrogens is 390 g/mol. The number of benzene rings is 1. The van der Waals surface area contributed by atoms with Crippen molar-refractivity contribution in [2.45, 2.75) is 38.6 Å². The Kier molecular flexibility index (Phi) is 4.59. The molecule has 4 rings (SSSR count). The van der Waals surface area contributed by atoms with Gasteiger partial charge >= 0.3 is 6.29 Å². The van der Waals surface area contributed by atoms with Gasteiger partial charge in [0.25, 0.3) is 0 Å². The zero-order chi connectivity index (χ0) is 19.9. The summed E-state index contributed by atoms with van der Waals surface area (Å²) < 4.78 is 41.8. The van der Waals surface area contributed by atoms with Crippen LogP contribution in [-0.4, -0.2) is 28.0 Å². The van der Waals surface area contributed by atoms with Crippen molar-refractivity contribution in [2.24, 2.45) is 0 Å². The highest BCUT2D eigenvalue weighted by Gasteiger charge is 2.44. The maximum Gasteiger partial charge on any atom is 0.586 e. The first-order valence-electron chi connectivity index (χ1n) is 8.87. The molecule has 0 saturated carbocycles. The first-order chi connectivity index (χ1) is 13.4. The highest BCUT2D eigenvalue weighted by molar-refractivity contribution is 7.18. The Balaban J connectivity index is 1.82. The number of fused-ring (bicyclic) bond motifs is 2. The third-order valence-electron chi connectivity index (χ3n) is 4.40. The lowest BCUT2D eigenvalue weighted by Gasteiger charge is -2.27. The molecule has 1 unspecified atom stereocenters. The van der Waals surface area contributed by atoms with Crippen LogP contribution < -0.4 is 14.2 Å². The molecule has 9 heteroatoms. The fourth-order valence-corrected chi connectivity index (χ4v) is 4.35. The van der Waals surface area contributed by atoms with Gasteiger partial charge in [-0.1, -0.05) is 13.3 Å². The molecule has 0 amide bonds. The zero-order valence-corrected chi connectivity index (χ0v) is 16.1. The van der Waals surface area contributed by atoms with Crippen LogP contribution in [0.5, 0.6) is 17.2 Å². The number of nitrogens with zero attached hydrogens (tertiary/aromatic N) is 2. The Hall–Kier alpha value is -2.52. The number of ether oxygens (including phenoxy) is 3. The molecule has 1 atom stereocenters. The Labute approximate surface area is 163 Å². The van der Waals surface area contributed by atoms with Gasteiger partial charge in [0.15, 0.2) is 11.5 Å². The molecule has 3 heterocycles. The normalized spacial score (nSPS) is 16.9. The highest BCUT2D eigenvalue weighted by Crippen LogP contribution is 2.47. The smallest absolute Gasteiger partial charge is 0.493 e. The van der Waals surface area contributed by atoms with E-state index >= 15 is 0 Å². The van der Waals surface area contributed by atoms with Crippen molar-refractivity contribution in [3.63, 3.8) is 0 Å². The van der Waals surface area contributed by atoms with Crippen molar-refractivity contribution in [1.29, 1.82) is 0 Å². The van der Waals surface area contributed by atoms with Gasteiger partial charge in [0.2, 0.25) is 0 Å². The second-order valence-electron chi connectivity index (χ2n) is 6.37. The lowest BCUT2D eigenvalue weighted by atomic mass is 9.90. The molecule has 0 spiro atoms. The van der Waals surface area contributed by atoms with E-state index in [0.29, 0.717) is 46.0 Å². The third kappa shape index (κ3) is 3.14. The van der Waals surface area contributed by atoms with Crippen molar-refractivity contribution in [3.05, 3.63) is 41.2 Å². The minimum absolute atomic E-state index is 0.0527. The molecule has 1 aliphatic rings. The molecule has 1 aromatic carbocycles. The predicted octanol–water partition coefficient (Wildman–Crippen LogP) is 4.45. The average molecular weight is 408 g/mol. The summed E-state index contributed by atoms with van der Waals surface area (Å²) in [5, 5.41) is 12.0. The van der Waals surface area contributed by atoms with E-state index in [9.17, 15) is 13.9 Å². The lowest BCUT2D eigenvalue weighted by Crippen LogP contribution is -2.28. The van der Waals surface area contributed by atoms with Gasteiger partial charge in [-0.05, 0) is 19.4 Å².